The fraction of sp³-hybridized carbons (Fsp3) is 0.143. The van der Waals surface area contributed by atoms with E-state index in [0.29, 0.717) is 16.5 Å². The summed E-state index contributed by atoms with van der Waals surface area (Å²) in [4.78, 5) is 0.155. The van der Waals surface area contributed by atoms with Gasteiger partial charge in [0.15, 0.2) is 0 Å². The molecule has 0 fully saturated rings. The molecule has 0 aliphatic carbocycles. The van der Waals surface area contributed by atoms with Gasteiger partial charge < -0.3 is 10.5 Å². The molecule has 0 aliphatic rings. The van der Waals surface area contributed by atoms with E-state index >= 15 is 0 Å². The van der Waals surface area contributed by atoms with Crippen molar-refractivity contribution in [2.24, 2.45) is 5.73 Å². The molecule has 7 heteroatoms. The van der Waals surface area contributed by atoms with Gasteiger partial charge in [0.2, 0.25) is 10.0 Å². The molecule has 5 nitrogen and oxygen atoms in total. The van der Waals surface area contributed by atoms with E-state index in [1.165, 1.54) is 12.1 Å². The van der Waals surface area contributed by atoms with Crippen molar-refractivity contribution in [1.29, 1.82) is 0 Å². The first-order valence-corrected chi connectivity index (χ1v) is 8.11. The van der Waals surface area contributed by atoms with Crippen molar-refractivity contribution in [2.75, 3.05) is 13.1 Å². The average Bonchev–Trinajstić information content (AvgIpc) is 2.48. The highest BCUT2D eigenvalue weighted by molar-refractivity contribution is 7.89. The maximum Gasteiger partial charge on any atom is 0.240 e. The van der Waals surface area contributed by atoms with Gasteiger partial charge in [-0.25, -0.2) is 13.1 Å². The highest BCUT2D eigenvalue weighted by atomic mass is 35.5. The molecule has 0 amide bonds. The van der Waals surface area contributed by atoms with E-state index in [0.717, 1.165) is 0 Å². The van der Waals surface area contributed by atoms with Crippen molar-refractivity contribution in [2.45, 2.75) is 4.90 Å². The van der Waals surface area contributed by atoms with E-state index in [9.17, 15) is 8.42 Å². The standard InChI is InChI=1S/C14H15ClN2O3S/c15-13-3-1-2-4-14(13)20-11-5-7-12(8-6-11)21(18,19)17-10-9-16/h1-8,17H,9-10,16H2. The largest absolute Gasteiger partial charge is 0.456 e. The minimum atomic E-state index is -3.53. The van der Waals surface area contributed by atoms with Crippen LogP contribution in [0.2, 0.25) is 5.02 Å². The third-order valence-electron chi connectivity index (χ3n) is 2.63. The molecule has 2 rings (SSSR count). The zero-order chi connectivity index (χ0) is 15.3. The molecule has 2 aromatic carbocycles. The molecular weight excluding hydrogens is 312 g/mol. The van der Waals surface area contributed by atoms with Crippen molar-refractivity contribution in [3.05, 3.63) is 53.6 Å². The first-order valence-electron chi connectivity index (χ1n) is 6.25. The number of nitrogens with one attached hydrogen (secondary N) is 1. The fourth-order valence-corrected chi connectivity index (χ4v) is 2.84. The highest BCUT2D eigenvalue weighted by Crippen LogP contribution is 2.29. The summed E-state index contributed by atoms with van der Waals surface area (Å²) in [6, 6.07) is 13.1. The Morgan fingerprint density at radius 3 is 2.38 bits per heavy atom. The van der Waals surface area contributed by atoms with Gasteiger partial charge in [-0.15, -0.1) is 0 Å². The lowest BCUT2D eigenvalue weighted by atomic mass is 10.3. The molecule has 0 bridgehead atoms. The number of benzene rings is 2. The fourth-order valence-electron chi connectivity index (χ4n) is 1.62. The van der Waals surface area contributed by atoms with Crippen molar-refractivity contribution < 1.29 is 13.2 Å². The third kappa shape index (κ3) is 4.18. The van der Waals surface area contributed by atoms with Crippen LogP contribution in [0.15, 0.2) is 53.4 Å². The highest BCUT2D eigenvalue weighted by Gasteiger charge is 2.13. The molecule has 0 aliphatic heterocycles. The maximum atomic E-state index is 11.9. The zero-order valence-corrected chi connectivity index (χ0v) is 12.7. The first-order chi connectivity index (χ1) is 10.0. The molecule has 0 aromatic heterocycles. The van der Waals surface area contributed by atoms with Crippen molar-refractivity contribution >= 4 is 21.6 Å². The van der Waals surface area contributed by atoms with E-state index in [1.54, 1.807) is 36.4 Å². The molecule has 112 valence electrons. The van der Waals surface area contributed by atoms with E-state index in [4.69, 9.17) is 22.1 Å². The number of rotatable bonds is 6. The van der Waals surface area contributed by atoms with E-state index in [-0.39, 0.29) is 18.0 Å². The van der Waals surface area contributed by atoms with Crippen LogP contribution in [-0.2, 0) is 10.0 Å². The van der Waals surface area contributed by atoms with Crippen LogP contribution < -0.4 is 15.2 Å². The summed E-state index contributed by atoms with van der Waals surface area (Å²) in [6.07, 6.45) is 0. The third-order valence-corrected chi connectivity index (χ3v) is 4.42. The number of ether oxygens (including phenoxy) is 1. The minimum absolute atomic E-state index is 0.155. The van der Waals surface area contributed by atoms with Gasteiger partial charge in [-0.2, -0.15) is 0 Å². The van der Waals surface area contributed by atoms with Gasteiger partial charge in [-0.05, 0) is 36.4 Å². The molecule has 0 saturated heterocycles. The molecule has 3 N–H and O–H groups in total. The molecule has 0 unspecified atom stereocenters. The molecule has 0 atom stereocenters. The van der Waals surface area contributed by atoms with Crippen molar-refractivity contribution in [3.8, 4) is 11.5 Å². The summed E-state index contributed by atoms with van der Waals surface area (Å²) in [5.41, 5.74) is 5.28. The van der Waals surface area contributed by atoms with Gasteiger partial charge in [0.25, 0.3) is 0 Å². The number of sulfonamides is 1. The molecule has 0 heterocycles. The van der Waals surface area contributed by atoms with Crippen LogP contribution >= 0.6 is 11.6 Å². The second-order valence-electron chi connectivity index (χ2n) is 4.19. The second-order valence-corrected chi connectivity index (χ2v) is 6.36. The normalized spacial score (nSPS) is 11.3. The Hall–Kier alpha value is -1.60. The van der Waals surface area contributed by atoms with E-state index in [2.05, 4.69) is 4.72 Å². The number of halogens is 1. The van der Waals surface area contributed by atoms with Crippen LogP contribution in [0.3, 0.4) is 0 Å². The summed E-state index contributed by atoms with van der Waals surface area (Å²) < 4.78 is 31.8. The summed E-state index contributed by atoms with van der Waals surface area (Å²) in [7, 11) is -3.53. The minimum Gasteiger partial charge on any atom is -0.456 e. The lowest BCUT2D eigenvalue weighted by Gasteiger charge is -2.09. The summed E-state index contributed by atoms with van der Waals surface area (Å²) in [6.45, 7) is 0.438. The predicted molar refractivity (Wildman–Crippen MR) is 82.2 cm³/mol. The van der Waals surface area contributed by atoms with Gasteiger partial charge in [0, 0.05) is 13.1 Å². The number of nitrogens with two attached hydrogens (primary N) is 1. The molecule has 21 heavy (non-hydrogen) atoms. The molecule has 0 radical (unpaired) electrons. The quantitative estimate of drug-likeness (QED) is 0.854. The van der Waals surface area contributed by atoms with E-state index < -0.39 is 10.0 Å². The molecule has 2 aromatic rings. The Morgan fingerprint density at radius 1 is 1.10 bits per heavy atom. The Labute approximate surface area is 128 Å². The zero-order valence-electron chi connectivity index (χ0n) is 11.1. The van der Waals surface area contributed by atoms with Gasteiger partial charge >= 0.3 is 0 Å². The molecular formula is C14H15ClN2O3S. The summed E-state index contributed by atoms with van der Waals surface area (Å²) >= 11 is 5.99. The van der Waals surface area contributed by atoms with Gasteiger partial charge in [0.1, 0.15) is 11.5 Å². The molecule has 0 saturated carbocycles. The summed E-state index contributed by atoms with van der Waals surface area (Å²) in [5.74, 6) is 1.01. The van der Waals surface area contributed by atoms with Crippen LogP contribution in [0.1, 0.15) is 0 Å². The van der Waals surface area contributed by atoms with Gasteiger partial charge in [-0.1, -0.05) is 23.7 Å². The van der Waals surface area contributed by atoms with Crippen LogP contribution in [0.5, 0.6) is 11.5 Å². The lowest BCUT2D eigenvalue weighted by Crippen LogP contribution is -2.29. The predicted octanol–water partition coefficient (Wildman–Crippen LogP) is 2.37. The summed E-state index contributed by atoms with van der Waals surface area (Å²) in [5, 5.41) is 0.485. The lowest BCUT2D eigenvalue weighted by molar-refractivity contribution is 0.482. The number of hydrogen-bond donors (Lipinski definition) is 2. The number of para-hydroxylation sites is 1. The SMILES string of the molecule is NCCNS(=O)(=O)c1ccc(Oc2ccccc2Cl)cc1. The smallest absolute Gasteiger partial charge is 0.240 e. The van der Waals surface area contributed by atoms with Gasteiger partial charge in [-0.3, -0.25) is 0 Å². The van der Waals surface area contributed by atoms with Crippen LogP contribution in [-0.4, -0.2) is 21.5 Å². The first kappa shape index (κ1) is 15.8. The number of hydrogen-bond acceptors (Lipinski definition) is 4. The van der Waals surface area contributed by atoms with Crippen LogP contribution in [0.4, 0.5) is 0 Å². The van der Waals surface area contributed by atoms with Crippen molar-refractivity contribution in [1.82, 2.24) is 4.72 Å². The Morgan fingerprint density at radius 2 is 1.76 bits per heavy atom. The average molecular weight is 327 g/mol. The van der Waals surface area contributed by atoms with Crippen LogP contribution in [0, 0.1) is 0 Å². The van der Waals surface area contributed by atoms with E-state index in [1.807, 2.05) is 0 Å². The monoisotopic (exact) mass is 326 g/mol. The Kier molecular flexibility index (Phi) is 5.19. The van der Waals surface area contributed by atoms with Crippen molar-refractivity contribution in [3.63, 3.8) is 0 Å². The topological polar surface area (TPSA) is 81.4 Å². The molecule has 0 spiro atoms. The Bertz CT molecular complexity index is 702. The second kappa shape index (κ2) is 6.91. The Balaban J connectivity index is 2.14. The van der Waals surface area contributed by atoms with Gasteiger partial charge in [0.05, 0.1) is 9.92 Å². The van der Waals surface area contributed by atoms with Crippen LogP contribution in [0.25, 0.3) is 0 Å². The maximum absolute atomic E-state index is 11.9.